The number of anilines is 1. The molecular formula is C21H24ClNO4. The first-order valence-corrected chi connectivity index (χ1v) is 9.60. The van der Waals surface area contributed by atoms with Crippen molar-refractivity contribution in [2.45, 2.75) is 25.7 Å². The van der Waals surface area contributed by atoms with Crippen molar-refractivity contribution in [2.24, 2.45) is 0 Å². The second-order valence-corrected chi connectivity index (χ2v) is 7.01. The van der Waals surface area contributed by atoms with Crippen LogP contribution in [0.5, 0.6) is 11.5 Å². The number of hydrogen-bond acceptors (Lipinski definition) is 4. The number of rotatable bonds is 9. The van der Waals surface area contributed by atoms with Crippen LogP contribution in [0.3, 0.4) is 0 Å². The molecule has 1 aliphatic rings. The maximum atomic E-state index is 10.7. The summed E-state index contributed by atoms with van der Waals surface area (Å²) in [7, 11) is 0. The Hall–Kier alpha value is -2.40. The van der Waals surface area contributed by atoms with Gasteiger partial charge in [0.1, 0.15) is 11.5 Å². The minimum atomic E-state index is -0.837. The van der Waals surface area contributed by atoms with Crippen LogP contribution in [0.4, 0.5) is 5.69 Å². The minimum Gasteiger partial charge on any atom is -0.493 e. The maximum absolute atomic E-state index is 10.7. The molecule has 0 aliphatic carbocycles. The molecule has 1 fully saturated rings. The van der Waals surface area contributed by atoms with E-state index in [9.17, 15) is 4.79 Å². The summed E-state index contributed by atoms with van der Waals surface area (Å²) in [4.78, 5) is 13.0. The summed E-state index contributed by atoms with van der Waals surface area (Å²) in [6.45, 7) is 3.17. The molecule has 5 nitrogen and oxygen atoms in total. The third-order valence-corrected chi connectivity index (χ3v) is 4.70. The predicted octanol–water partition coefficient (Wildman–Crippen LogP) is 4.42. The summed E-state index contributed by atoms with van der Waals surface area (Å²) in [5.74, 6) is 0.754. The van der Waals surface area contributed by atoms with Gasteiger partial charge in [0, 0.05) is 24.5 Å². The number of aliphatic carboxylic acids is 1. The average molecular weight is 390 g/mol. The van der Waals surface area contributed by atoms with Crippen LogP contribution < -0.4 is 14.4 Å². The highest BCUT2D eigenvalue weighted by Gasteiger charge is 2.17. The largest absolute Gasteiger partial charge is 0.493 e. The molecule has 144 valence electrons. The Labute approximate surface area is 164 Å². The molecule has 3 rings (SSSR count). The van der Waals surface area contributed by atoms with E-state index in [-0.39, 0.29) is 6.42 Å². The molecule has 0 bridgehead atoms. The van der Waals surface area contributed by atoms with Gasteiger partial charge in [0.2, 0.25) is 0 Å². The zero-order valence-corrected chi connectivity index (χ0v) is 16.0. The van der Waals surface area contributed by atoms with Crippen molar-refractivity contribution in [1.82, 2.24) is 0 Å². The van der Waals surface area contributed by atoms with Crippen LogP contribution in [-0.2, 0) is 11.2 Å². The summed E-state index contributed by atoms with van der Waals surface area (Å²) in [6.07, 6.45) is 3.17. The first kappa shape index (κ1) is 19.4. The van der Waals surface area contributed by atoms with Crippen molar-refractivity contribution < 1.29 is 19.4 Å². The molecule has 0 saturated carbocycles. The van der Waals surface area contributed by atoms with E-state index in [0.29, 0.717) is 13.2 Å². The molecule has 1 N–H and O–H groups in total. The topological polar surface area (TPSA) is 59.0 Å². The van der Waals surface area contributed by atoms with Gasteiger partial charge in [-0.25, -0.2) is 0 Å². The molecule has 2 aromatic rings. The first-order chi connectivity index (χ1) is 13.1. The molecular weight excluding hydrogens is 366 g/mol. The molecule has 2 aromatic carbocycles. The number of nitrogens with zero attached hydrogens (tertiary/aromatic N) is 1. The fraction of sp³-hybridized carbons (Fsp3) is 0.381. The fourth-order valence-electron chi connectivity index (χ4n) is 3.13. The van der Waals surface area contributed by atoms with E-state index in [4.69, 9.17) is 26.2 Å². The van der Waals surface area contributed by atoms with E-state index in [2.05, 4.69) is 4.90 Å². The Morgan fingerprint density at radius 3 is 2.44 bits per heavy atom. The van der Waals surface area contributed by atoms with Crippen LogP contribution in [0.25, 0.3) is 0 Å². The van der Waals surface area contributed by atoms with Gasteiger partial charge in [-0.3, -0.25) is 4.79 Å². The zero-order valence-electron chi connectivity index (χ0n) is 15.2. The van der Waals surface area contributed by atoms with Crippen LogP contribution in [0.2, 0.25) is 5.02 Å². The number of hydrogen-bond donors (Lipinski definition) is 1. The van der Waals surface area contributed by atoms with Gasteiger partial charge < -0.3 is 19.5 Å². The predicted molar refractivity (Wildman–Crippen MR) is 106 cm³/mol. The Balaban J connectivity index is 1.44. The van der Waals surface area contributed by atoms with Crippen LogP contribution in [0, 0.1) is 0 Å². The second-order valence-electron chi connectivity index (χ2n) is 6.57. The smallest absolute Gasteiger partial charge is 0.307 e. The minimum absolute atomic E-state index is 0.0224. The van der Waals surface area contributed by atoms with Crippen molar-refractivity contribution in [3.8, 4) is 11.5 Å². The van der Waals surface area contributed by atoms with E-state index >= 15 is 0 Å². The standard InChI is InChI=1S/C21H24ClNO4/c22-17-6-9-20(19(15-17)23-10-1-2-11-23)27-13-3-12-26-18-7-4-16(5-8-18)14-21(24)25/h4-9,15H,1-3,10-14H2,(H,24,25). The molecule has 0 spiro atoms. The van der Waals surface area contributed by atoms with E-state index in [0.717, 1.165) is 47.3 Å². The third-order valence-electron chi connectivity index (χ3n) is 4.46. The van der Waals surface area contributed by atoms with E-state index in [1.165, 1.54) is 12.8 Å². The van der Waals surface area contributed by atoms with Crippen LogP contribution >= 0.6 is 11.6 Å². The van der Waals surface area contributed by atoms with Gasteiger partial charge in [-0.05, 0) is 48.7 Å². The molecule has 0 amide bonds. The third kappa shape index (κ3) is 5.79. The highest BCUT2D eigenvalue weighted by Crippen LogP contribution is 2.33. The molecule has 1 heterocycles. The lowest BCUT2D eigenvalue weighted by Crippen LogP contribution is -2.19. The number of halogens is 1. The summed E-state index contributed by atoms with van der Waals surface area (Å²) < 4.78 is 11.7. The number of carboxylic acids is 1. The molecule has 6 heteroatoms. The van der Waals surface area contributed by atoms with E-state index < -0.39 is 5.97 Å². The van der Waals surface area contributed by atoms with Crippen molar-refractivity contribution in [1.29, 1.82) is 0 Å². The van der Waals surface area contributed by atoms with Gasteiger partial charge in [0.25, 0.3) is 0 Å². The van der Waals surface area contributed by atoms with Crippen molar-refractivity contribution in [3.05, 3.63) is 53.1 Å². The Morgan fingerprint density at radius 2 is 1.74 bits per heavy atom. The van der Waals surface area contributed by atoms with Crippen molar-refractivity contribution in [2.75, 3.05) is 31.2 Å². The molecule has 27 heavy (non-hydrogen) atoms. The maximum Gasteiger partial charge on any atom is 0.307 e. The normalized spacial score (nSPS) is 13.6. The second kappa shape index (κ2) is 9.51. The van der Waals surface area contributed by atoms with Gasteiger partial charge in [-0.1, -0.05) is 23.7 Å². The monoisotopic (exact) mass is 389 g/mol. The van der Waals surface area contributed by atoms with E-state index in [1.807, 2.05) is 18.2 Å². The van der Waals surface area contributed by atoms with E-state index in [1.54, 1.807) is 24.3 Å². The Morgan fingerprint density at radius 1 is 1.04 bits per heavy atom. The molecule has 0 radical (unpaired) electrons. The summed E-state index contributed by atoms with van der Waals surface area (Å²) in [5, 5.41) is 9.50. The lowest BCUT2D eigenvalue weighted by molar-refractivity contribution is -0.136. The summed E-state index contributed by atoms with van der Waals surface area (Å²) in [6, 6.07) is 12.9. The highest BCUT2D eigenvalue weighted by atomic mass is 35.5. The Kier molecular flexibility index (Phi) is 6.82. The van der Waals surface area contributed by atoms with Gasteiger partial charge in [0.15, 0.2) is 0 Å². The lowest BCUT2D eigenvalue weighted by Gasteiger charge is -2.21. The van der Waals surface area contributed by atoms with Gasteiger partial charge in [-0.2, -0.15) is 0 Å². The molecule has 0 unspecified atom stereocenters. The molecule has 0 atom stereocenters. The average Bonchev–Trinajstić information content (AvgIpc) is 3.18. The fourth-order valence-corrected chi connectivity index (χ4v) is 3.29. The van der Waals surface area contributed by atoms with Crippen LogP contribution in [0.15, 0.2) is 42.5 Å². The lowest BCUT2D eigenvalue weighted by atomic mass is 10.1. The molecule has 0 aromatic heterocycles. The van der Waals surface area contributed by atoms with Crippen molar-refractivity contribution in [3.63, 3.8) is 0 Å². The van der Waals surface area contributed by atoms with Crippen LogP contribution in [0.1, 0.15) is 24.8 Å². The van der Waals surface area contributed by atoms with Gasteiger partial charge in [0.05, 0.1) is 25.3 Å². The number of benzene rings is 2. The zero-order chi connectivity index (χ0) is 19.1. The molecule has 1 saturated heterocycles. The summed E-state index contributed by atoms with van der Waals surface area (Å²) >= 11 is 6.15. The van der Waals surface area contributed by atoms with Crippen LogP contribution in [-0.4, -0.2) is 37.4 Å². The van der Waals surface area contributed by atoms with Gasteiger partial charge in [-0.15, -0.1) is 0 Å². The number of carboxylic acid groups (broad SMARTS) is 1. The summed E-state index contributed by atoms with van der Waals surface area (Å²) in [5.41, 5.74) is 1.82. The molecule has 1 aliphatic heterocycles. The quantitative estimate of drug-likeness (QED) is 0.643. The Bertz CT molecular complexity index is 757. The van der Waals surface area contributed by atoms with Gasteiger partial charge >= 0.3 is 5.97 Å². The van der Waals surface area contributed by atoms with Crippen molar-refractivity contribution >= 4 is 23.3 Å². The first-order valence-electron chi connectivity index (χ1n) is 9.22. The number of carbonyl (C=O) groups is 1. The number of ether oxygens (including phenoxy) is 2. The SMILES string of the molecule is O=C(O)Cc1ccc(OCCCOc2ccc(Cl)cc2N2CCCC2)cc1. The highest BCUT2D eigenvalue weighted by molar-refractivity contribution is 6.30.